The fourth-order valence-corrected chi connectivity index (χ4v) is 3.69. The first-order valence-corrected chi connectivity index (χ1v) is 10.2. The van der Waals surface area contributed by atoms with Gasteiger partial charge in [-0.1, -0.05) is 18.2 Å². The maximum absolute atomic E-state index is 13.5. The van der Waals surface area contributed by atoms with Gasteiger partial charge in [-0.05, 0) is 49.1 Å². The Morgan fingerprint density at radius 1 is 1.27 bits per heavy atom. The number of nitrogens with one attached hydrogen (secondary N) is 1. The van der Waals surface area contributed by atoms with Gasteiger partial charge in [0, 0.05) is 51.5 Å². The highest BCUT2D eigenvalue weighted by Gasteiger charge is 2.23. The molecule has 1 heterocycles. The SMILES string of the molecule is CCNC(=NCC1CCN(c2cccc(OC)c2)C1)N(C)Cc1cccc(F)c1.I. The van der Waals surface area contributed by atoms with Crippen molar-refractivity contribution in [1.29, 1.82) is 0 Å². The molecule has 1 fully saturated rings. The molecule has 1 N–H and O–H groups in total. The van der Waals surface area contributed by atoms with Crippen LogP contribution >= 0.6 is 24.0 Å². The lowest BCUT2D eigenvalue weighted by atomic mass is 10.1. The lowest BCUT2D eigenvalue weighted by molar-refractivity contribution is 0.415. The van der Waals surface area contributed by atoms with Crippen LogP contribution in [0.5, 0.6) is 5.75 Å². The summed E-state index contributed by atoms with van der Waals surface area (Å²) in [4.78, 5) is 9.31. The van der Waals surface area contributed by atoms with Gasteiger partial charge in [-0.25, -0.2) is 4.39 Å². The van der Waals surface area contributed by atoms with Crippen molar-refractivity contribution in [3.8, 4) is 5.75 Å². The van der Waals surface area contributed by atoms with Crippen LogP contribution in [0.4, 0.5) is 10.1 Å². The highest BCUT2D eigenvalue weighted by Crippen LogP contribution is 2.27. The van der Waals surface area contributed by atoms with Crippen LogP contribution < -0.4 is 15.0 Å². The summed E-state index contributed by atoms with van der Waals surface area (Å²) in [5.41, 5.74) is 2.13. The number of hydrogen-bond acceptors (Lipinski definition) is 3. The number of rotatable bonds is 7. The summed E-state index contributed by atoms with van der Waals surface area (Å²) in [6.45, 7) is 6.27. The largest absolute Gasteiger partial charge is 0.497 e. The first kappa shape index (κ1) is 24.2. The van der Waals surface area contributed by atoms with E-state index in [1.807, 2.05) is 30.1 Å². The Balaban J connectivity index is 0.00000320. The molecule has 5 nitrogen and oxygen atoms in total. The molecule has 1 atom stereocenters. The van der Waals surface area contributed by atoms with Crippen LogP contribution in [-0.4, -0.2) is 51.2 Å². The van der Waals surface area contributed by atoms with Crippen molar-refractivity contribution >= 4 is 35.6 Å². The van der Waals surface area contributed by atoms with Crippen LogP contribution in [0.1, 0.15) is 18.9 Å². The average molecular weight is 526 g/mol. The minimum Gasteiger partial charge on any atom is -0.497 e. The molecule has 0 spiro atoms. The number of benzene rings is 2. The number of halogens is 2. The zero-order chi connectivity index (χ0) is 20.6. The van der Waals surface area contributed by atoms with Gasteiger partial charge in [-0.15, -0.1) is 24.0 Å². The van der Waals surface area contributed by atoms with Crippen molar-refractivity contribution in [2.75, 3.05) is 45.2 Å². The van der Waals surface area contributed by atoms with E-state index in [1.165, 1.54) is 11.8 Å². The minimum absolute atomic E-state index is 0. The van der Waals surface area contributed by atoms with Crippen molar-refractivity contribution in [3.05, 3.63) is 59.9 Å². The number of nitrogens with zero attached hydrogens (tertiary/aromatic N) is 3. The quantitative estimate of drug-likeness (QED) is 0.331. The normalized spacial score (nSPS) is 16.2. The molecule has 0 radical (unpaired) electrons. The highest BCUT2D eigenvalue weighted by atomic mass is 127. The Kier molecular flexibility index (Phi) is 9.68. The van der Waals surface area contributed by atoms with E-state index in [0.29, 0.717) is 12.5 Å². The van der Waals surface area contributed by atoms with Gasteiger partial charge in [0.25, 0.3) is 0 Å². The molecule has 1 saturated heterocycles. The Bertz CT molecular complexity index is 832. The molecule has 0 amide bonds. The third-order valence-corrected chi connectivity index (χ3v) is 5.21. The van der Waals surface area contributed by atoms with Gasteiger partial charge in [0.2, 0.25) is 0 Å². The molecule has 0 saturated carbocycles. The van der Waals surface area contributed by atoms with Crippen molar-refractivity contribution in [1.82, 2.24) is 10.2 Å². The van der Waals surface area contributed by atoms with Crippen molar-refractivity contribution in [3.63, 3.8) is 0 Å². The van der Waals surface area contributed by atoms with Gasteiger partial charge >= 0.3 is 0 Å². The fourth-order valence-electron chi connectivity index (χ4n) is 3.69. The van der Waals surface area contributed by atoms with E-state index >= 15 is 0 Å². The molecule has 0 aromatic heterocycles. The molecule has 30 heavy (non-hydrogen) atoms. The number of methoxy groups -OCH3 is 1. The maximum Gasteiger partial charge on any atom is 0.193 e. The van der Waals surface area contributed by atoms with Crippen molar-refractivity contribution in [2.24, 2.45) is 10.9 Å². The number of anilines is 1. The molecular weight excluding hydrogens is 494 g/mol. The number of hydrogen-bond donors (Lipinski definition) is 1. The molecular formula is C23H32FIN4O. The maximum atomic E-state index is 13.5. The summed E-state index contributed by atoms with van der Waals surface area (Å²) in [5, 5.41) is 3.35. The lowest BCUT2D eigenvalue weighted by Gasteiger charge is -2.23. The summed E-state index contributed by atoms with van der Waals surface area (Å²) in [7, 11) is 3.69. The Labute approximate surface area is 196 Å². The van der Waals surface area contributed by atoms with Crippen LogP contribution in [0.2, 0.25) is 0 Å². The highest BCUT2D eigenvalue weighted by molar-refractivity contribution is 14.0. The average Bonchev–Trinajstić information content (AvgIpc) is 3.20. The second kappa shape index (κ2) is 12.0. The molecule has 1 aliphatic rings. The van der Waals surface area contributed by atoms with Crippen LogP contribution in [0.15, 0.2) is 53.5 Å². The van der Waals surface area contributed by atoms with E-state index in [9.17, 15) is 4.39 Å². The molecule has 1 unspecified atom stereocenters. The minimum atomic E-state index is -0.207. The van der Waals surface area contributed by atoms with E-state index in [2.05, 4.69) is 29.3 Å². The zero-order valence-corrected chi connectivity index (χ0v) is 20.3. The summed E-state index contributed by atoms with van der Waals surface area (Å²) in [6.07, 6.45) is 1.12. The zero-order valence-electron chi connectivity index (χ0n) is 18.0. The van der Waals surface area contributed by atoms with Gasteiger partial charge in [0.15, 0.2) is 5.96 Å². The molecule has 1 aliphatic heterocycles. The fraction of sp³-hybridized carbons (Fsp3) is 0.435. The van der Waals surface area contributed by atoms with E-state index in [0.717, 1.165) is 49.9 Å². The van der Waals surface area contributed by atoms with Crippen LogP contribution in [0.3, 0.4) is 0 Å². The van der Waals surface area contributed by atoms with Gasteiger partial charge in [0.1, 0.15) is 11.6 Å². The van der Waals surface area contributed by atoms with Gasteiger partial charge < -0.3 is 19.9 Å². The standard InChI is InChI=1S/C23H31FN4O.HI/c1-4-25-23(27(2)16-18-7-5-8-20(24)13-18)26-15-19-11-12-28(17-19)21-9-6-10-22(14-21)29-3;/h5-10,13-14,19H,4,11-12,15-17H2,1-3H3,(H,25,26);1H. The van der Waals surface area contributed by atoms with E-state index in [1.54, 1.807) is 19.2 Å². The molecule has 2 aromatic carbocycles. The molecule has 7 heteroatoms. The Hall–Kier alpha value is -2.03. The van der Waals surface area contributed by atoms with E-state index in [4.69, 9.17) is 9.73 Å². The van der Waals surface area contributed by atoms with Gasteiger partial charge in [-0.3, -0.25) is 4.99 Å². The molecule has 0 aliphatic carbocycles. The first-order valence-electron chi connectivity index (χ1n) is 10.2. The monoisotopic (exact) mass is 526 g/mol. The molecule has 3 rings (SSSR count). The third kappa shape index (κ3) is 6.75. The van der Waals surface area contributed by atoms with Gasteiger partial charge in [0.05, 0.1) is 7.11 Å². The predicted octanol–water partition coefficient (Wildman–Crippen LogP) is 4.38. The molecule has 2 aromatic rings. The smallest absolute Gasteiger partial charge is 0.193 e. The summed E-state index contributed by atoms with van der Waals surface area (Å²) >= 11 is 0. The predicted molar refractivity (Wildman–Crippen MR) is 133 cm³/mol. The number of aliphatic imine (C=N–C) groups is 1. The number of guanidine groups is 1. The second-order valence-electron chi connectivity index (χ2n) is 7.48. The van der Waals surface area contributed by atoms with E-state index < -0.39 is 0 Å². The van der Waals surface area contributed by atoms with Gasteiger partial charge in [-0.2, -0.15) is 0 Å². The van der Waals surface area contributed by atoms with E-state index in [-0.39, 0.29) is 29.8 Å². The lowest BCUT2D eigenvalue weighted by Crippen LogP contribution is -2.39. The molecule has 164 valence electrons. The second-order valence-corrected chi connectivity index (χ2v) is 7.48. The first-order chi connectivity index (χ1) is 14.1. The van der Waals surface area contributed by atoms with Crippen LogP contribution in [-0.2, 0) is 6.54 Å². The van der Waals surface area contributed by atoms with Crippen molar-refractivity contribution in [2.45, 2.75) is 19.9 Å². The van der Waals surface area contributed by atoms with Crippen molar-refractivity contribution < 1.29 is 9.13 Å². The number of ether oxygens (including phenoxy) is 1. The third-order valence-electron chi connectivity index (χ3n) is 5.21. The topological polar surface area (TPSA) is 40.1 Å². The van der Waals surface area contributed by atoms with Crippen LogP contribution in [0, 0.1) is 11.7 Å². The Morgan fingerprint density at radius 2 is 2.07 bits per heavy atom. The summed E-state index contributed by atoms with van der Waals surface area (Å²) in [6, 6.07) is 14.9. The Morgan fingerprint density at radius 3 is 2.80 bits per heavy atom. The molecule has 0 bridgehead atoms. The van der Waals surface area contributed by atoms with Crippen LogP contribution in [0.25, 0.3) is 0 Å². The summed E-state index contributed by atoms with van der Waals surface area (Å²) in [5.74, 6) is 2.05. The summed E-state index contributed by atoms with van der Waals surface area (Å²) < 4.78 is 18.8.